The van der Waals surface area contributed by atoms with Gasteiger partial charge in [-0.2, -0.15) is 13.1 Å². The SMILES string of the molecule is CCNS(=O)(=O)NCc1cccc(C#CCCO)c1. The largest absolute Gasteiger partial charge is 0.395 e. The van der Waals surface area contributed by atoms with E-state index in [2.05, 4.69) is 21.3 Å². The molecule has 0 aromatic heterocycles. The molecule has 19 heavy (non-hydrogen) atoms. The summed E-state index contributed by atoms with van der Waals surface area (Å²) in [5, 5.41) is 8.64. The van der Waals surface area contributed by atoms with Crippen LogP contribution in [-0.4, -0.2) is 26.7 Å². The number of rotatable bonds is 6. The second kappa shape index (κ2) is 7.92. The molecule has 0 fully saturated rings. The Kier molecular flexibility index (Phi) is 6.53. The van der Waals surface area contributed by atoms with Crippen LogP contribution in [0.4, 0.5) is 0 Å². The fourth-order valence-corrected chi connectivity index (χ4v) is 2.24. The minimum atomic E-state index is -3.43. The van der Waals surface area contributed by atoms with Gasteiger partial charge in [-0.05, 0) is 17.7 Å². The van der Waals surface area contributed by atoms with E-state index in [4.69, 9.17) is 5.11 Å². The standard InChI is InChI=1S/C13H18N2O3S/c1-2-14-19(17,18)15-11-13-8-5-7-12(10-13)6-3-4-9-16/h5,7-8,10,14-16H,2,4,9,11H2,1H3. The molecule has 0 atom stereocenters. The Bertz CT molecular complexity index is 559. The molecule has 6 heteroatoms. The van der Waals surface area contributed by atoms with Gasteiger partial charge in [-0.25, -0.2) is 4.72 Å². The van der Waals surface area contributed by atoms with Gasteiger partial charge in [0.25, 0.3) is 10.2 Å². The summed E-state index contributed by atoms with van der Waals surface area (Å²) in [7, 11) is -3.43. The molecule has 3 N–H and O–H groups in total. The first-order valence-corrected chi connectivity index (χ1v) is 7.48. The van der Waals surface area contributed by atoms with Crippen molar-refractivity contribution in [2.45, 2.75) is 19.9 Å². The van der Waals surface area contributed by atoms with E-state index in [1.807, 2.05) is 24.3 Å². The Morgan fingerprint density at radius 3 is 2.79 bits per heavy atom. The minimum Gasteiger partial charge on any atom is -0.395 e. The van der Waals surface area contributed by atoms with E-state index in [1.165, 1.54) is 0 Å². The molecule has 0 heterocycles. The zero-order valence-corrected chi connectivity index (χ0v) is 11.6. The molecule has 0 aliphatic rings. The third kappa shape index (κ3) is 6.36. The van der Waals surface area contributed by atoms with Gasteiger partial charge in [0.15, 0.2) is 0 Å². The highest BCUT2D eigenvalue weighted by atomic mass is 32.2. The van der Waals surface area contributed by atoms with Crippen LogP contribution in [0.15, 0.2) is 24.3 Å². The van der Waals surface area contributed by atoms with Crippen molar-refractivity contribution in [1.29, 1.82) is 0 Å². The first-order chi connectivity index (χ1) is 9.07. The lowest BCUT2D eigenvalue weighted by atomic mass is 10.1. The highest BCUT2D eigenvalue weighted by Crippen LogP contribution is 2.04. The maximum Gasteiger partial charge on any atom is 0.277 e. The third-order valence-electron chi connectivity index (χ3n) is 2.20. The summed E-state index contributed by atoms with van der Waals surface area (Å²) < 4.78 is 27.6. The zero-order chi connectivity index (χ0) is 14.1. The van der Waals surface area contributed by atoms with Crippen molar-refractivity contribution in [2.24, 2.45) is 0 Å². The lowest BCUT2D eigenvalue weighted by molar-refractivity contribution is 0.305. The Morgan fingerprint density at radius 1 is 1.32 bits per heavy atom. The number of hydrogen-bond donors (Lipinski definition) is 3. The van der Waals surface area contributed by atoms with Crippen molar-refractivity contribution in [1.82, 2.24) is 9.44 Å². The van der Waals surface area contributed by atoms with Crippen LogP contribution in [0.25, 0.3) is 0 Å². The Balaban J connectivity index is 2.66. The maximum atomic E-state index is 11.4. The molecule has 0 saturated carbocycles. The quantitative estimate of drug-likeness (QED) is 0.659. The monoisotopic (exact) mass is 282 g/mol. The number of aliphatic hydroxyl groups excluding tert-OH is 1. The highest BCUT2D eigenvalue weighted by Gasteiger charge is 2.06. The molecule has 5 nitrogen and oxygen atoms in total. The highest BCUT2D eigenvalue weighted by molar-refractivity contribution is 7.87. The topological polar surface area (TPSA) is 78.4 Å². The average molecular weight is 282 g/mol. The van der Waals surface area contributed by atoms with Crippen LogP contribution in [0.3, 0.4) is 0 Å². The van der Waals surface area contributed by atoms with E-state index in [0.717, 1.165) is 11.1 Å². The molecule has 0 spiro atoms. The van der Waals surface area contributed by atoms with E-state index in [1.54, 1.807) is 6.92 Å². The zero-order valence-electron chi connectivity index (χ0n) is 10.8. The molecule has 0 amide bonds. The number of aliphatic hydroxyl groups is 1. The number of hydrogen-bond acceptors (Lipinski definition) is 3. The van der Waals surface area contributed by atoms with Crippen LogP contribution >= 0.6 is 0 Å². The molecular weight excluding hydrogens is 264 g/mol. The van der Waals surface area contributed by atoms with Crippen molar-refractivity contribution < 1.29 is 13.5 Å². The second-order valence-corrected chi connectivity index (χ2v) is 5.38. The van der Waals surface area contributed by atoms with Gasteiger partial charge in [0.05, 0.1) is 6.61 Å². The third-order valence-corrected chi connectivity index (χ3v) is 3.39. The van der Waals surface area contributed by atoms with E-state index in [-0.39, 0.29) is 13.2 Å². The predicted molar refractivity (Wildman–Crippen MR) is 74.5 cm³/mol. The molecule has 0 saturated heterocycles. The van der Waals surface area contributed by atoms with Gasteiger partial charge in [-0.15, -0.1) is 0 Å². The molecule has 0 bridgehead atoms. The molecule has 104 valence electrons. The van der Waals surface area contributed by atoms with Crippen molar-refractivity contribution >= 4 is 10.2 Å². The summed E-state index contributed by atoms with van der Waals surface area (Å²) in [5.41, 5.74) is 1.63. The fraction of sp³-hybridized carbons (Fsp3) is 0.385. The summed E-state index contributed by atoms with van der Waals surface area (Å²) in [6.07, 6.45) is 0.428. The van der Waals surface area contributed by atoms with Crippen LogP contribution < -0.4 is 9.44 Å². The van der Waals surface area contributed by atoms with Crippen molar-refractivity contribution in [2.75, 3.05) is 13.2 Å². The van der Waals surface area contributed by atoms with E-state index >= 15 is 0 Å². The van der Waals surface area contributed by atoms with Gasteiger partial charge in [-0.3, -0.25) is 0 Å². The van der Waals surface area contributed by atoms with Crippen LogP contribution in [0.5, 0.6) is 0 Å². The van der Waals surface area contributed by atoms with E-state index < -0.39 is 10.2 Å². The maximum absolute atomic E-state index is 11.4. The average Bonchev–Trinajstić information content (AvgIpc) is 2.37. The van der Waals surface area contributed by atoms with Crippen LogP contribution in [0.2, 0.25) is 0 Å². The van der Waals surface area contributed by atoms with Gasteiger partial charge < -0.3 is 5.11 Å². The minimum absolute atomic E-state index is 0.0369. The summed E-state index contributed by atoms with van der Waals surface area (Å²) in [6.45, 7) is 2.32. The number of benzene rings is 1. The summed E-state index contributed by atoms with van der Waals surface area (Å²) in [4.78, 5) is 0. The smallest absolute Gasteiger partial charge is 0.277 e. The first kappa shape index (κ1) is 15.7. The molecule has 1 aromatic rings. The molecule has 0 unspecified atom stereocenters. The van der Waals surface area contributed by atoms with Gasteiger partial charge in [-0.1, -0.05) is 30.9 Å². The van der Waals surface area contributed by atoms with Gasteiger partial charge in [0.2, 0.25) is 0 Å². The molecule has 1 rings (SSSR count). The fourth-order valence-electron chi connectivity index (χ4n) is 1.40. The Hall–Kier alpha value is -1.39. The molecule has 0 radical (unpaired) electrons. The summed E-state index contributed by atoms with van der Waals surface area (Å²) >= 11 is 0. The molecular formula is C13H18N2O3S. The molecule has 0 aliphatic heterocycles. The van der Waals surface area contributed by atoms with Gasteiger partial charge in [0, 0.05) is 25.1 Å². The Morgan fingerprint density at radius 2 is 2.11 bits per heavy atom. The van der Waals surface area contributed by atoms with Crippen LogP contribution in [-0.2, 0) is 16.8 Å². The summed E-state index contributed by atoms with van der Waals surface area (Å²) in [5.74, 6) is 5.73. The van der Waals surface area contributed by atoms with Crippen molar-refractivity contribution in [3.8, 4) is 11.8 Å². The van der Waals surface area contributed by atoms with Crippen molar-refractivity contribution in [3.63, 3.8) is 0 Å². The Labute approximate surface area is 114 Å². The van der Waals surface area contributed by atoms with Crippen LogP contribution in [0.1, 0.15) is 24.5 Å². The lowest BCUT2D eigenvalue weighted by Crippen LogP contribution is -2.35. The predicted octanol–water partition coefficient (Wildman–Crippen LogP) is 0.364. The summed E-state index contributed by atoms with van der Waals surface area (Å²) in [6, 6.07) is 7.30. The van der Waals surface area contributed by atoms with Gasteiger partial charge in [0.1, 0.15) is 0 Å². The normalized spacial score (nSPS) is 10.8. The number of nitrogens with one attached hydrogen (secondary N) is 2. The second-order valence-electron chi connectivity index (χ2n) is 3.80. The van der Waals surface area contributed by atoms with E-state index in [9.17, 15) is 8.42 Å². The van der Waals surface area contributed by atoms with Crippen LogP contribution in [0, 0.1) is 11.8 Å². The van der Waals surface area contributed by atoms with Gasteiger partial charge >= 0.3 is 0 Å². The molecule has 0 aliphatic carbocycles. The van der Waals surface area contributed by atoms with E-state index in [0.29, 0.717) is 13.0 Å². The molecule has 1 aromatic carbocycles. The first-order valence-electron chi connectivity index (χ1n) is 6.00. The van der Waals surface area contributed by atoms with Crippen molar-refractivity contribution in [3.05, 3.63) is 35.4 Å². The lowest BCUT2D eigenvalue weighted by Gasteiger charge is -2.06.